The summed E-state index contributed by atoms with van der Waals surface area (Å²) in [6.07, 6.45) is 1.13. The third kappa shape index (κ3) is 6.61. The summed E-state index contributed by atoms with van der Waals surface area (Å²) in [5, 5.41) is 14.7. The van der Waals surface area contributed by atoms with E-state index in [9.17, 15) is 19.5 Å². The molecule has 0 aliphatic heterocycles. The topological polar surface area (TPSA) is 140 Å². The molecule has 0 saturated heterocycles. The van der Waals surface area contributed by atoms with Gasteiger partial charge >= 0.3 is 12.1 Å². The van der Waals surface area contributed by atoms with E-state index in [1.807, 2.05) is 66.7 Å². The molecule has 0 saturated carbocycles. The Kier molecular flexibility index (Phi) is 8.84. The predicted octanol–water partition coefficient (Wildman–Crippen LogP) is 4.30. The minimum Gasteiger partial charge on any atom is -0.480 e. The number of rotatable bonds is 11. The standard InChI is InChI=1S/C32H30N4O6/c1-20(41-18-21-9-3-2-4-10-21)29(31(38)39)36-30(37)22-15-33-28(34-16-22)17-35-32(40)42-19-27-25-13-7-5-11-23(25)24-12-6-8-14-26(24)27/h2-16,20,27,29H,17-19H2,1H3,(H,35,40)(H,36,37)(H,38,39). The van der Waals surface area contributed by atoms with E-state index in [0.717, 1.165) is 27.8 Å². The molecular formula is C32H30N4O6. The van der Waals surface area contributed by atoms with Gasteiger partial charge in [0.2, 0.25) is 0 Å². The first-order valence-corrected chi connectivity index (χ1v) is 13.5. The van der Waals surface area contributed by atoms with Gasteiger partial charge < -0.3 is 25.2 Å². The first-order valence-electron chi connectivity index (χ1n) is 13.5. The maximum absolute atomic E-state index is 12.7. The second kappa shape index (κ2) is 13.0. The van der Waals surface area contributed by atoms with Crippen molar-refractivity contribution in [1.29, 1.82) is 0 Å². The maximum atomic E-state index is 12.7. The van der Waals surface area contributed by atoms with Crippen LogP contribution in [0.3, 0.4) is 0 Å². The van der Waals surface area contributed by atoms with Crippen LogP contribution in [-0.2, 0) is 27.4 Å². The Hall–Kier alpha value is -5.09. The van der Waals surface area contributed by atoms with Crippen molar-refractivity contribution in [2.75, 3.05) is 6.61 Å². The maximum Gasteiger partial charge on any atom is 0.407 e. The molecule has 0 fully saturated rings. The van der Waals surface area contributed by atoms with Crippen LogP contribution in [0.25, 0.3) is 11.1 Å². The lowest BCUT2D eigenvalue weighted by atomic mass is 9.98. The van der Waals surface area contributed by atoms with E-state index in [4.69, 9.17) is 9.47 Å². The molecule has 214 valence electrons. The molecular weight excluding hydrogens is 536 g/mol. The molecule has 10 nitrogen and oxygen atoms in total. The van der Waals surface area contributed by atoms with Crippen molar-refractivity contribution in [2.24, 2.45) is 0 Å². The summed E-state index contributed by atoms with van der Waals surface area (Å²) < 4.78 is 11.2. The molecule has 0 radical (unpaired) electrons. The Bertz CT molecular complexity index is 1520. The second-order valence-corrected chi connectivity index (χ2v) is 9.86. The Balaban J connectivity index is 1.11. The van der Waals surface area contributed by atoms with Gasteiger partial charge in [-0.3, -0.25) is 4.79 Å². The number of nitrogens with one attached hydrogen (secondary N) is 2. The SMILES string of the molecule is CC(OCc1ccccc1)C(NC(=O)c1cnc(CNC(=O)OCC2c3ccccc3-c3ccccc32)nc1)C(=O)O. The zero-order valence-corrected chi connectivity index (χ0v) is 22.9. The fourth-order valence-corrected chi connectivity index (χ4v) is 4.87. The van der Waals surface area contributed by atoms with E-state index in [2.05, 4.69) is 32.7 Å². The van der Waals surface area contributed by atoms with Crippen molar-refractivity contribution < 1.29 is 29.0 Å². The molecule has 2 amide bonds. The zero-order chi connectivity index (χ0) is 29.5. The highest BCUT2D eigenvalue weighted by Gasteiger charge is 2.30. The average molecular weight is 567 g/mol. The molecule has 2 atom stereocenters. The number of amides is 2. The zero-order valence-electron chi connectivity index (χ0n) is 22.9. The summed E-state index contributed by atoms with van der Waals surface area (Å²) >= 11 is 0. The van der Waals surface area contributed by atoms with Gasteiger partial charge in [-0.15, -0.1) is 0 Å². The van der Waals surface area contributed by atoms with E-state index in [-0.39, 0.29) is 37.1 Å². The number of carbonyl (C=O) groups excluding carboxylic acids is 2. The van der Waals surface area contributed by atoms with Crippen LogP contribution in [0.1, 0.15) is 45.7 Å². The van der Waals surface area contributed by atoms with Crippen molar-refractivity contribution in [3.8, 4) is 11.1 Å². The van der Waals surface area contributed by atoms with Gasteiger partial charge in [-0.25, -0.2) is 19.6 Å². The molecule has 3 N–H and O–H groups in total. The number of aromatic nitrogens is 2. The lowest BCUT2D eigenvalue weighted by Gasteiger charge is -2.22. The number of carboxylic acids is 1. The Morgan fingerprint density at radius 3 is 2.10 bits per heavy atom. The van der Waals surface area contributed by atoms with Crippen molar-refractivity contribution in [2.45, 2.75) is 38.1 Å². The third-order valence-electron chi connectivity index (χ3n) is 7.08. The molecule has 1 aromatic heterocycles. The van der Waals surface area contributed by atoms with E-state index >= 15 is 0 Å². The van der Waals surface area contributed by atoms with Gasteiger partial charge in [0, 0.05) is 18.3 Å². The van der Waals surface area contributed by atoms with Crippen LogP contribution in [0.15, 0.2) is 91.3 Å². The number of benzene rings is 3. The lowest BCUT2D eigenvalue weighted by molar-refractivity contribution is -0.143. The summed E-state index contributed by atoms with van der Waals surface area (Å²) in [4.78, 5) is 45.2. The predicted molar refractivity (Wildman–Crippen MR) is 154 cm³/mol. The van der Waals surface area contributed by atoms with Crippen molar-refractivity contribution in [1.82, 2.24) is 20.6 Å². The minimum absolute atomic E-state index is 0.0132. The van der Waals surface area contributed by atoms with E-state index < -0.39 is 30.1 Å². The smallest absolute Gasteiger partial charge is 0.407 e. The van der Waals surface area contributed by atoms with E-state index in [0.29, 0.717) is 0 Å². The van der Waals surface area contributed by atoms with Gasteiger partial charge in [0.15, 0.2) is 6.04 Å². The lowest BCUT2D eigenvalue weighted by Crippen LogP contribution is -2.48. The van der Waals surface area contributed by atoms with Crippen LogP contribution in [-0.4, -0.2) is 51.8 Å². The Labute approximate surface area is 242 Å². The monoisotopic (exact) mass is 566 g/mol. The molecule has 42 heavy (non-hydrogen) atoms. The van der Waals surface area contributed by atoms with Crippen LogP contribution < -0.4 is 10.6 Å². The number of fused-ring (bicyclic) bond motifs is 3. The number of nitrogens with zero attached hydrogens (tertiary/aromatic N) is 2. The normalized spacial score (nSPS) is 13.4. The molecule has 10 heteroatoms. The molecule has 3 aromatic carbocycles. The number of hydrogen-bond acceptors (Lipinski definition) is 7. The van der Waals surface area contributed by atoms with Crippen LogP contribution in [0.4, 0.5) is 4.79 Å². The summed E-state index contributed by atoms with van der Waals surface area (Å²) in [6, 6.07) is 24.2. The van der Waals surface area contributed by atoms with Crippen molar-refractivity contribution in [3.63, 3.8) is 0 Å². The molecule has 5 rings (SSSR count). The quantitative estimate of drug-likeness (QED) is 0.244. The molecule has 1 aliphatic carbocycles. The van der Waals surface area contributed by atoms with Crippen molar-refractivity contribution >= 4 is 18.0 Å². The van der Waals surface area contributed by atoms with Gasteiger partial charge in [-0.05, 0) is 34.7 Å². The van der Waals surface area contributed by atoms with Crippen LogP contribution >= 0.6 is 0 Å². The highest BCUT2D eigenvalue weighted by Crippen LogP contribution is 2.44. The van der Waals surface area contributed by atoms with Gasteiger partial charge in [-0.1, -0.05) is 78.9 Å². The number of hydrogen-bond donors (Lipinski definition) is 3. The van der Waals surface area contributed by atoms with Crippen LogP contribution in [0.2, 0.25) is 0 Å². The molecule has 0 bridgehead atoms. The second-order valence-electron chi connectivity index (χ2n) is 9.86. The highest BCUT2D eigenvalue weighted by molar-refractivity contribution is 5.96. The first-order chi connectivity index (χ1) is 20.4. The summed E-state index contributed by atoms with van der Waals surface area (Å²) in [5.74, 6) is -1.69. The van der Waals surface area contributed by atoms with Crippen LogP contribution in [0, 0.1) is 0 Å². The third-order valence-corrected chi connectivity index (χ3v) is 7.08. The van der Waals surface area contributed by atoms with Gasteiger partial charge in [-0.2, -0.15) is 0 Å². The average Bonchev–Trinajstić information content (AvgIpc) is 3.34. The molecule has 1 aliphatic rings. The van der Waals surface area contributed by atoms with Gasteiger partial charge in [0.05, 0.1) is 24.8 Å². The largest absolute Gasteiger partial charge is 0.480 e. The molecule has 2 unspecified atom stereocenters. The fraction of sp³-hybridized carbons (Fsp3) is 0.219. The Morgan fingerprint density at radius 1 is 0.881 bits per heavy atom. The van der Waals surface area contributed by atoms with E-state index in [1.165, 1.54) is 12.4 Å². The number of carbonyl (C=O) groups is 3. The highest BCUT2D eigenvalue weighted by atomic mass is 16.5. The molecule has 0 spiro atoms. The summed E-state index contributed by atoms with van der Waals surface area (Å²) in [6.45, 7) is 1.95. The van der Waals surface area contributed by atoms with Gasteiger partial charge in [0.25, 0.3) is 5.91 Å². The van der Waals surface area contributed by atoms with Crippen LogP contribution in [0.5, 0.6) is 0 Å². The van der Waals surface area contributed by atoms with Crippen molar-refractivity contribution in [3.05, 3.63) is 119 Å². The fourth-order valence-electron chi connectivity index (χ4n) is 4.87. The van der Waals surface area contributed by atoms with E-state index in [1.54, 1.807) is 6.92 Å². The number of ether oxygens (including phenoxy) is 2. The summed E-state index contributed by atoms with van der Waals surface area (Å²) in [7, 11) is 0. The number of alkyl carbamates (subject to hydrolysis) is 1. The number of aliphatic carboxylic acids is 1. The minimum atomic E-state index is -1.28. The molecule has 1 heterocycles. The van der Waals surface area contributed by atoms with Gasteiger partial charge in [0.1, 0.15) is 12.4 Å². The number of carboxylic acid groups (broad SMARTS) is 1. The Morgan fingerprint density at radius 2 is 1.48 bits per heavy atom. The molecule has 4 aromatic rings. The first kappa shape index (κ1) is 28.4. The summed E-state index contributed by atoms with van der Waals surface area (Å²) in [5.41, 5.74) is 5.47.